The van der Waals surface area contributed by atoms with Crippen LogP contribution in [0.1, 0.15) is 77.6 Å². The van der Waals surface area contributed by atoms with Crippen molar-refractivity contribution in [1.82, 2.24) is 5.32 Å². The van der Waals surface area contributed by atoms with E-state index in [-0.39, 0.29) is 0 Å². The summed E-state index contributed by atoms with van der Waals surface area (Å²) in [4.78, 5) is 0. The number of hydrogen-bond acceptors (Lipinski definition) is 1. The lowest BCUT2D eigenvalue weighted by atomic mass is 9.80. The smallest absolute Gasteiger partial charge is 0.0167 e. The van der Waals surface area contributed by atoms with Gasteiger partial charge in [0, 0.05) is 6.54 Å². The molecule has 0 heterocycles. The Hall–Kier alpha value is -0.300. The Morgan fingerprint density at radius 3 is 2.21 bits per heavy atom. The first-order chi connectivity index (χ1) is 9.40. The fourth-order valence-electron chi connectivity index (χ4n) is 3.83. The molecule has 2 aliphatic carbocycles. The molecule has 2 saturated carbocycles. The summed E-state index contributed by atoms with van der Waals surface area (Å²) in [5, 5.41) is 3.65. The summed E-state index contributed by atoms with van der Waals surface area (Å²) in [6.07, 6.45) is 18.5. The molecule has 0 unspecified atom stereocenters. The van der Waals surface area contributed by atoms with Crippen molar-refractivity contribution in [3.63, 3.8) is 0 Å². The van der Waals surface area contributed by atoms with Crippen molar-refractivity contribution in [2.45, 2.75) is 77.6 Å². The normalized spacial score (nSPS) is 23.7. The highest BCUT2D eigenvalue weighted by atomic mass is 14.8. The predicted molar refractivity (Wildman–Crippen MR) is 84.4 cm³/mol. The third-order valence-electron chi connectivity index (χ3n) is 4.99. The molecule has 0 atom stereocenters. The number of rotatable bonds is 6. The molecule has 0 bridgehead atoms. The summed E-state index contributed by atoms with van der Waals surface area (Å²) in [7, 11) is 0. The van der Waals surface area contributed by atoms with Gasteiger partial charge in [-0.15, -0.1) is 0 Å². The molecule has 0 spiro atoms. The Balaban J connectivity index is 1.92. The van der Waals surface area contributed by atoms with Crippen LogP contribution in [-0.4, -0.2) is 13.1 Å². The summed E-state index contributed by atoms with van der Waals surface area (Å²) in [6.45, 7) is 4.60. The fraction of sp³-hybridized carbons (Fsp3) is 0.889. The second-order valence-electron chi connectivity index (χ2n) is 6.65. The average Bonchev–Trinajstić information content (AvgIpc) is 2.48. The highest BCUT2D eigenvalue weighted by molar-refractivity contribution is 5.12. The van der Waals surface area contributed by atoms with Gasteiger partial charge in [0.1, 0.15) is 0 Å². The van der Waals surface area contributed by atoms with E-state index in [0.717, 1.165) is 18.4 Å². The van der Waals surface area contributed by atoms with E-state index in [1.54, 1.807) is 5.57 Å². The fourth-order valence-corrected chi connectivity index (χ4v) is 3.83. The predicted octanol–water partition coefficient (Wildman–Crippen LogP) is 5.07. The van der Waals surface area contributed by atoms with Crippen LogP contribution in [0.3, 0.4) is 0 Å². The zero-order valence-electron chi connectivity index (χ0n) is 12.9. The van der Waals surface area contributed by atoms with Gasteiger partial charge in [-0.05, 0) is 50.5 Å². The molecule has 0 aromatic rings. The molecule has 1 nitrogen and oxygen atoms in total. The van der Waals surface area contributed by atoms with Crippen LogP contribution in [0.15, 0.2) is 11.6 Å². The maximum absolute atomic E-state index is 3.65. The van der Waals surface area contributed by atoms with Crippen molar-refractivity contribution in [2.75, 3.05) is 13.1 Å². The first-order valence-electron chi connectivity index (χ1n) is 8.81. The van der Waals surface area contributed by atoms with Gasteiger partial charge in [-0.1, -0.05) is 57.1 Å². The maximum Gasteiger partial charge on any atom is 0.0167 e. The summed E-state index contributed by atoms with van der Waals surface area (Å²) in [6, 6.07) is 0. The van der Waals surface area contributed by atoms with Gasteiger partial charge in [0.05, 0.1) is 0 Å². The monoisotopic (exact) mass is 263 g/mol. The second kappa shape index (κ2) is 8.79. The third-order valence-corrected chi connectivity index (χ3v) is 4.99. The lowest BCUT2D eigenvalue weighted by Gasteiger charge is -2.27. The second-order valence-corrected chi connectivity index (χ2v) is 6.65. The topological polar surface area (TPSA) is 12.0 Å². The van der Waals surface area contributed by atoms with Crippen molar-refractivity contribution in [3.05, 3.63) is 11.6 Å². The molecule has 0 aromatic heterocycles. The van der Waals surface area contributed by atoms with Crippen LogP contribution in [0.4, 0.5) is 0 Å². The van der Waals surface area contributed by atoms with E-state index < -0.39 is 0 Å². The van der Waals surface area contributed by atoms with E-state index in [2.05, 4.69) is 18.3 Å². The van der Waals surface area contributed by atoms with Gasteiger partial charge in [0.25, 0.3) is 0 Å². The number of nitrogens with one attached hydrogen (secondary N) is 1. The minimum atomic E-state index is 0.897. The van der Waals surface area contributed by atoms with Crippen LogP contribution in [-0.2, 0) is 0 Å². The Morgan fingerprint density at radius 1 is 0.947 bits per heavy atom. The molecule has 0 radical (unpaired) electrons. The van der Waals surface area contributed by atoms with Gasteiger partial charge >= 0.3 is 0 Å². The van der Waals surface area contributed by atoms with Gasteiger partial charge < -0.3 is 5.32 Å². The van der Waals surface area contributed by atoms with Gasteiger partial charge in [-0.3, -0.25) is 0 Å². The molecule has 19 heavy (non-hydrogen) atoms. The first kappa shape index (κ1) is 15.1. The Bertz CT molecular complexity index is 257. The van der Waals surface area contributed by atoms with Gasteiger partial charge in [0.2, 0.25) is 0 Å². The number of hydrogen-bond donors (Lipinski definition) is 1. The zero-order valence-corrected chi connectivity index (χ0v) is 12.9. The average molecular weight is 263 g/mol. The molecule has 1 N–H and O–H groups in total. The Morgan fingerprint density at radius 2 is 1.58 bits per heavy atom. The Labute approximate surface area is 120 Å². The van der Waals surface area contributed by atoms with E-state index >= 15 is 0 Å². The van der Waals surface area contributed by atoms with Gasteiger partial charge in [0.15, 0.2) is 0 Å². The van der Waals surface area contributed by atoms with Gasteiger partial charge in [-0.2, -0.15) is 0 Å². The van der Waals surface area contributed by atoms with Crippen LogP contribution in [0.5, 0.6) is 0 Å². The van der Waals surface area contributed by atoms with Crippen LogP contribution in [0.2, 0.25) is 0 Å². The van der Waals surface area contributed by atoms with E-state index in [1.165, 1.54) is 77.2 Å². The maximum atomic E-state index is 3.65. The van der Waals surface area contributed by atoms with E-state index in [4.69, 9.17) is 0 Å². The minimum Gasteiger partial charge on any atom is -0.313 e. The SMILES string of the molecule is CCCNCC(=CC1CCCCC1)C1CCCCC1. The highest BCUT2D eigenvalue weighted by Gasteiger charge is 2.19. The first-order valence-corrected chi connectivity index (χ1v) is 8.81. The van der Waals surface area contributed by atoms with E-state index in [1.807, 2.05) is 0 Å². The molecule has 0 aromatic carbocycles. The van der Waals surface area contributed by atoms with Crippen molar-refractivity contribution in [1.29, 1.82) is 0 Å². The summed E-state index contributed by atoms with van der Waals surface area (Å²) < 4.78 is 0. The summed E-state index contributed by atoms with van der Waals surface area (Å²) in [5.41, 5.74) is 1.76. The minimum absolute atomic E-state index is 0.897. The standard InChI is InChI=1S/C18H33N/c1-2-13-19-15-18(17-11-7-4-8-12-17)14-16-9-5-3-6-10-16/h14,16-17,19H,2-13,15H2,1H3. The molecule has 0 amide bonds. The van der Waals surface area contributed by atoms with Crippen molar-refractivity contribution >= 4 is 0 Å². The molecule has 2 rings (SSSR count). The van der Waals surface area contributed by atoms with Crippen molar-refractivity contribution in [3.8, 4) is 0 Å². The lowest BCUT2D eigenvalue weighted by molar-refractivity contribution is 0.380. The van der Waals surface area contributed by atoms with Crippen LogP contribution < -0.4 is 5.32 Å². The molecule has 2 aliphatic rings. The van der Waals surface area contributed by atoms with Crippen LogP contribution >= 0.6 is 0 Å². The van der Waals surface area contributed by atoms with Crippen molar-refractivity contribution in [2.24, 2.45) is 11.8 Å². The van der Waals surface area contributed by atoms with E-state index in [9.17, 15) is 0 Å². The summed E-state index contributed by atoms with van der Waals surface area (Å²) in [5.74, 6) is 1.80. The highest BCUT2D eigenvalue weighted by Crippen LogP contribution is 2.32. The Kier molecular flexibility index (Phi) is 6.98. The van der Waals surface area contributed by atoms with Crippen LogP contribution in [0.25, 0.3) is 0 Å². The lowest BCUT2D eigenvalue weighted by Crippen LogP contribution is -2.24. The molecular weight excluding hydrogens is 230 g/mol. The van der Waals surface area contributed by atoms with Crippen LogP contribution in [0, 0.1) is 11.8 Å². The molecule has 1 heteroatoms. The number of allylic oxidation sites excluding steroid dienone is 1. The van der Waals surface area contributed by atoms with E-state index in [0.29, 0.717) is 0 Å². The summed E-state index contributed by atoms with van der Waals surface area (Å²) >= 11 is 0. The largest absolute Gasteiger partial charge is 0.313 e. The molecule has 2 fully saturated rings. The molecule has 0 saturated heterocycles. The molecule has 110 valence electrons. The van der Waals surface area contributed by atoms with Gasteiger partial charge in [-0.25, -0.2) is 0 Å². The molecule has 0 aliphatic heterocycles. The quantitative estimate of drug-likeness (QED) is 0.521. The zero-order chi connectivity index (χ0) is 13.3. The third kappa shape index (κ3) is 5.30. The van der Waals surface area contributed by atoms with Crippen molar-refractivity contribution < 1.29 is 0 Å². The molecular formula is C18H33N.